The summed E-state index contributed by atoms with van der Waals surface area (Å²) in [5.74, 6) is 0. The molecule has 72 valence electrons. The SMILES string of the molecule is Cn1cc(-c2sccc2[N+](=O)[O-])cn1. The number of nitrogens with zero attached hydrogens (tertiary/aromatic N) is 3. The molecule has 0 fully saturated rings. The van der Waals surface area contributed by atoms with E-state index in [9.17, 15) is 10.1 Å². The average Bonchev–Trinajstić information content (AvgIpc) is 2.70. The molecule has 14 heavy (non-hydrogen) atoms. The fourth-order valence-corrected chi connectivity index (χ4v) is 2.04. The fraction of sp³-hybridized carbons (Fsp3) is 0.125. The van der Waals surface area contributed by atoms with Crippen molar-refractivity contribution < 1.29 is 4.92 Å². The lowest BCUT2D eigenvalue weighted by atomic mass is 10.2. The molecule has 0 aliphatic rings. The van der Waals surface area contributed by atoms with Crippen molar-refractivity contribution in [3.8, 4) is 10.4 Å². The zero-order chi connectivity index (χ0) is 10.1. The zero-order valence-electron chi connectivity index (χ0n) is 7.38. The molecule has 0 atom stereocenters. The van der Waals surface area contributed by atoms with Crippen LogP contribution in [0.4, 0.5) is 5.69 Å². The molecule has 0 bridgehead atoms. The van der Waals surface area contributed by atoms with E-state index >= 15 is 0 Å². The second kappa shape index (κ2) is 3.22. The number of nitro groups is 1. The molecule has 0 aliphatic carbocycles. The molecule has 0 saturated heterocycles. The molecule has 0 N–H and O–H groups in total. The van der Waals surface area contributed by atoms with E-state index in [-0.39, 0.29) is 10.6 Å². The summed E-state index contributed by atoms with van der Waals surface area (Å²) in [6, 6.07) is 1.51. The second-order valence-electron chi connectivity index (χ2n) is 2.79. The Kier molecular flexibility index (Phi) is 2.05. The first kappa shape index (κ1) is 8.89. The predicted octanol–water partition coefficient (Wildman–Crippen LogP) is 2.06. The van der Waals surface area contributed by atoms with Crippen LogP contribution < -0.4 is 0 Å². The number of thiophene rings is 1. The molecule has 0 aliphatic heterocycles. The molecular formula is C8H7N3O2S. The van der Waals surface area contributed by atoms with E-state index in [1.165, 1.54) is 17.4 Å². The molecule has 2 aromatic rings. The summed E-state index contributed by atoms with van der Waals surface area (Å²) in [5, 5.41) is 16.3. The third kappa shape index (κ3) is 1.39. The molecule has 2 heterocycles. The highest BCUT2D eigenvalue weighted by atomic mass is 32.1. The van der Waals surface area contributed by atoms with Crippen molar-refractivity contribution in [2.75, 3.05) is 0 Å². The number of rotatable bonds is 2. The molecule has 0 saturated carbocycles. The van der Waals surface area contributed by atoms with E-state index in [0.29, 0.717) is 4.88 Å². The van der Waals surface area contributed by atoms with Gasteiger partial charge in [-0.2, -0.15) is 5.10 Å². The van der Waals surface area contributed by atoms with Crippen molar-refractivity contribution in [2.24, 2.45) is 7.05 Å². The predicted molar refractivity (Wildman–Crippen MR) is 53.2 cm³/mol. The van der Waals surface area contributed by atoms with Crippen LogP contribution >= 0.6 is 11.3 Å². The minimum absolute atomic E-state index is 0.142. The lowest BCUT2D eigenvalue weighted by Crippen LogP contribution is -1.86. The molecule has 0 aromatic carbocycles. The highest BCUT2D eigenvalue weighted by Crippen LogP contribution is 2.34. The fourth-order valence-electron chi connectivity index (χ4n) is 1.20. The van der Waals surface area contributed by atoms with E-state index in [4.69, 9.17) is 0 Å². The number of hydrogen-bond acceptors (Lipinski definition) is 4. The molecule has 0 amide bonds. The molecule has 2 aromatic heterocycles. The van der Waals surface area contributed by atoms with E-state index in [0.717, 1.165) is 5.56 Å². The summed E-state index contributed by atoms with van der Waals surface area (Å²) in [7, 11) is 1.78. The van der Waals surface area contributed by atoms with Gasteiger partial charge in [0.15, 0.2) is 0 Å². The topological polar surface area (TPSA) is 61.0 Å². The van der Waals surface area contributed by atoms with Gasteiger partial charge in [-0.3, -0.25) is 14.8 Å². The molecule has 6 heteroatoms. The molecule has 2 rings (SSSR count). The largest absolute Gasteiger partial charge is 0.287 e. The van der Waals surface area contributed by atoms with Gasteiger partial charge in [0.25, 0.3) is 5.69 Å². The van der Waals surface area contributed by atoms with Gasteiger partial charge in [-0.15, -0.1) is 11.3 Å². The van der Waals surface area contributed by atoms with Gasteiger partial charge in [-0.25, -0.2) is 0 Å². The van der Waals surface area contributed by atoms with Crippen LogP contribution in [-0.4, -0.2) is 14.7 Å². The van der Waals surface area contributed by atoms with Gasteiger partial charge in [0.05, 0.1) is 11.1 Å². The van der Waals surface area contributed by atoms with E-state index < -0.39 is 0 Å². The van der Waals surface area contributed by atoms with Gasteiger partial charge in [-0.05, 0) is 5.38 Å². The van der Waals surface area contributed by atoms with Crippen molar-refractivity contribution in [3.63, 3.8) is 0 Å². The summed E-state index contributed by atoms with van der Waals surface area (Å²) < 4.78 is 1.62. The number of aromatic nitrogens is 2. The molecule has 0 spiro atoms. The highest BCUT2D eigenvalue weighted by molar-refractivity contribution is 7.14. The summed E-state index contributed by atoms with van der Waals surface area (Å²) in [5.41, 5.74) is 0.928. The quantitative estimate of drug-likeness (QED) is 0.561. The summed E-state index contributed by atoms with van der Waals surface area (Å²) >= 11 is 1.35. The highest BCUT2D eigenvalue weighted by Gasteiger charge is 2.17. The van der Waals surface area contributed by atoms with Crippen molar-refractivity contribution in [2.45, 2.75) is 0 Å². The Bertz CT molecular complexity index is 474. The molecule has 5 nitrogen and oxygen atoms in total. The van der Waals surface area contributed by atoms with Gasteiger partial charge >= 0.3 is 0 Å². The maximum atomic E-state index is 10.6. The first-order chi connectivity index (χ1) is 6.68. The Hall–Kier alpha value is -1.69. The van der Waals surface area contributed by atoms with Crippen LogP contribution in [0.2, 0.25) is 0 Å². The minimum atomic E-state index is -0.376. The second-order valence-corrected chi connectivity index (χ2v) is 3.71. The summed E-state index contributed by atoms with van der Waals surface area (Å²) in [6.45, 7) is 0. The Balaban J connectivity index is 2.51. The van der Waals surface area contributed by atoms with Gasteiger partial charge in [-0.1, -0.05) is 0 Å². The van der Waals surface area contributed by atoms with Crippen LogP contribution in [0.25, 0.3) is 10.4 Å². The van der Waals surface area contributed by atoms with Crippen LogP contribution in [-0.2, 0) is 7.05 Å². The first-order valence-corrected chi connectivity index (χ1v) is 4.77. The van der Waals surface area contributed by atoms with E-state index in [1.807, 2.05) is 0 Å². The first-order valence-electron chi connectivity index (χ1n) is 3.89. The van der Waals surface area contributed by atoms with Crippen LogP contribution in [0, 0.1) is 10.1 Å². The van der Waals surface area contributed by atoms with Gasteiger partial charge in [0, 0.05) is 24.9 Å². The molecule has 0 unspecified atom stereocenters. The third-order valence-electron chi connectivity index (χ3n) is 1.81. The minimum Gasteiger partial charge on any atom is -0.275 e. The van der Waals surface area contributed by atoms with Crippen LogP contribution in [0.15, 0.2) is 23.8 Å². The maximum Gasteiger partial charge on any atom is 0.287 e. The third-order valence-corrected chi connectivity index (χ3v) is 2.76. The smallest absolute Gasteiger partial charge is 0.275 e. The number of hydrogen-bond donors (Lipinski definition) is 0. The Labute approximate surface area is 83.8 Å². The lowest BCUT2D eigenvalue weighted by molar-refractivity contribution is -0.383. The molecular weight excluding hydrogens is 202 g/mol. The zero-order valence-corrected chi connectivity index (χ0v) is 8.19. The van der Waals surface area contributed by atoms with Gasteiger partial charge in [0.1, 0.15) is 4.88 Å². The number of aryl methyl sites for hydroxylation is 1. The van der Waals surface area contributed by atoms with Crippen molar-refractivity contribution in [3.05, 3.63) is 34.0 Å². The average molecular weight is 209 g/mol. The monoisotopic (exact) mass is 209 g/mol. The van der Waals surface area contributed by atoms with Crippen LogP contribution in [0.1, 0.15) is 0 Å². The van der Waals surface area contributed by atoms with Crippen molar-refractivity contribution in [1.29, 1.82) is 0 Å². The normalized spacial score (nSPS) is 10.4. The maximum absolute atomic E-state index is 10.6. The van der Waals surface area contributed by atoms with E-state index in [2.05, 4.69) is 5.10 Å². The summed E-state index contributed by atoms with van der Waals surface area (Å²) in [6.07, 6.45) is 3.39. The summed E-state index contributed by atoms with van der Waals surface area (Å²) in [4.78, 5) is 10.9. The molecule has 0 radical (unpaired) electrons. The van der Waals surface area contributed by atoms with Crippen molar-refractivity contribution >= 4 is 17.0 Å². The standard InChI is InChI=1S/C8H7N3O2S/c1-10-5-6(4-9-10)8-7(11(12)13)2-3-14-8/h2-5H,1H3. The van der Waals surface area contributed by atoms with Crippen molar-refractivity contribution in [1.82, 2.24) is 9.78 Å². The van der Waals surface area contributed by atoms with Gasteiger partial charge in [0.2, 0.25) is 0 Å². The Morgan fingerprint density at radius 3 is 3.00 bits per heavy atom. The van der Waals surface area contributed by atoms with Gasteiger partial charge < -0.3 is 0 Å². The van der Waals surface area contributed by atoms with E-state index in [1.54, 1.807) is 29.5 Å². The Morgan fingerprint density at radius 1 is 1.64 bits per heavy atom. The lowest BCUT2D eigenvalue weighted by Gasteiger charge is -1.91. The van der Waals surface area contributed by atoms with Crippen LogP contribution in [0.3, 0.4) is 0 Å². The Morgan fingerprint density at radius 2 is 2.43 bits per heavy atom. The van der Waals surface area contributed by atoms with Crippen LogP contribution in [0.5, 0.6) is 0 Å².